The molecule has 1 fully saturated rings. The van der Waals surface area contributed by atoms with E-state index in [-0.39, 0.29) is 43.4 Å². The normalized spacial score (nSPS) is 23.3. The number of rotatable bonds is 2. The monoisotopic (exact) mass is 449 g/mol. The van der Waals surface area contributed by atoms with Crippen molar-refractivity contribution in [2.45, 2.75) is 32.0 Å². The molecule has 1 atom stereocenters. The number of allylic oxidation sites excluding steroid dienone is 1. The largest absolute Gasteiger partial charge is 0.435 e. The Kier molecular flexibility index (Phi) is 5.11. The van der Waals surface area contributed by atoms with Gasteiger partial charge < -0.3 is 15.4 Å². The summed E-state index contributed by atoms with van der Waals surface area (Å²) in [6, 6.07) is 4.71. The maximum absolute atomic E-state index is 13.7. The van der Waals surface area contributed by atoms with Crippen LogP contribution in [-0.4, -0.2) is 56.7 Å². The summed E-state index contributed by atoms with van der Waals surface area (Å²) in [6.45, 7) is 3.60. The second kappa shape index (κ2) is 7.44. The predicted molar refractivity (Wildman–Crippen MR) is 107 cm³/mol. The van der Waals surface area contributed by atoms with E-state index in [1.165, 1.54) is 23.2 Å². The Morgan fingerprint density at radius 2 is 2.03 bits per heavy atom. The molecule has 0 radical (unpaired) electrons. The van der Waals surface area contributed by atoms with Crippen molar-refractivity contribution in [3.05, 3.63) is 53.6 Å². The second-order valence-corrected chi connectivity index (χ2v) is 8.65. The summed E-state index contributed by atoms with van der Waals surface area (Å²) in [6.07, 6.45) is -0.655. The maximum Gasteiger partial charge on any atom is 0.435 e. The topological polar surface area (TPSA) is 103 Å². The highest BCUT2D eigenvalue weighted by atomic mass is 19.4. The van der Waals surface area contributed by atoms with Gasteiger partial charge in [-0.1, -0.05) is 19.9 Å². The Balaban J connectivity index is 1.69. The molecule has 11 heteroatoms. The number of halogens is 3. The summed E-state index contributed by atoms with van der Waals surface area (Å²) in [5.74, 6) is -0.909. The van der Waals surface area contributed by atoms with Gasteiger partial charge in [0.25, 0.3) is 5.91 Å². The number of Topliss-reactive ketones (excluding diaryl/α,β-unsaturated/α-hetero) is 1. The van der Waals surface area contributed by atoms with Crippen molar-refractivity contribution in [1.82, 2.24) is 19.7 Å². The third kappa shape index (κ3) is 3.88. The number of morpholine rings is 1. The lowest BCUT2D eigenvalue weighted by Gasteiger charge is -2.46. The van der Waals surface area contributed by atoms with Crippen molar-refractivity contribution in [2.75, 3.05) is 19.7 Å². The van der Waals surface area contributed by atoms with Crippen LogP contribution in [0.15, 0.2) is 42.4 Å². The molecule has 1 aliphatic carbocycles. The molecule has 1 spiro atoms. The molecule has 1 unspecified atom stereocenters. The molecule has 0 aromatic carbocycles. The highest BCUT2D eigenvalue weighted by molar-refractivity contribution is 6.00. The van der Waals surface area contributed by atoms with Crippen LogP contribution in [0.25, 0.3) is 5.82 Å². The molecule has 1 amide bonds. The quantitative estimate of drug-likeness (QED) is 0.755. The van der Waals surface area contributed by atoms with Gasteiger partial charge >= 0.3 is 6.18 Å². The van der Waals surface area contributed by atoms with Crippen molar-refractivity contribution in [3.8, 4) is 5.82 Å². The van der Waals surface area contributed by atoms with Crippen LogP contribution in [0.2, 0.25) is 0 Å². The van der Waals surface area contributed by atoms with E-state index in [4.69, 9.17) is 10.5 Å². The standard InChI is InChI=1S/C21H22F3N5O3/c1-19(2)11-20(9-14(25)17(19)30)12-28(7-8-32-20)18(31)13-10-29(15-5-3-4-6-26-15)27-16(13)21(22,23)24/h3-6,9-10H,7-8,11-12,25H2,1-2H3. The van der Waals surface area contributed by atoms with E-state index in [2.05, 4.69) is 10.1 Å². The van der Waals surface area contributed by atoms with E-state index >= 15 is 0 Å². The van der Waals surface area contributed by atoms with E-state index in [1.54, 1.807) is 26.0 Å². The van der Waals surface area contributed by atoms with Crippen LogP contribution in [0, 0.1) is 5.41 Å². The van der Waals surface area contributed by atoms with Crippen LogP contribution in [-0.2, 0) is 15.7 Å². The zero-order valence-corrected chi connectivity index (χ0v) is 17.5. The Bertz CT molecular complexity index is 1090. The first kappa shape index (κ1) is 22.0. The summed E-state index contributed by atoms with van der Waals surface area (Å²) in [4.78, 5) is 30.8. The molecule has 3 heterocycles. The van der Waals surface area contributed by atoms with Gasteiger partial charge in [-0.3, -0.25) is 9.59 Å². The van der Waals surface area contributed by atoms with Crippen molar-refractivity contribution in [3.63, 3.8) is 0 Å². The van der Waals surface area contributed by atoms with E-state index < -0.39 is 34.4 Å². The SMILES string of the molecule is CC1(C)CC2(C=C(N)C1=O)CN(C(=O)c1cn(-c3ccccn3)nc1C(F)(F)F)CCO2. The fourth-order valence-corrected chi connectivity index (χ4v) is 4.31. The average Bonchev–Trinajstić information content (AvgIpc) is 3.18. The minimum Gasteiger partial charge on any atom is -0.396 e. The molecule has 2 aromatic rings. The molecule has 4 rings (SSSR count). The lowest BCUT2D eigenvalue weighted by atomic mass is 9.71. The van der Waals surface area contributed by atoms with Gasteiger partial charge in [0.2, 0.25) is 0 Å². The van der Waals surface area contributed by atoms with Gasteiger partial charge in [-0.05, 0) is 24.6 Å². The average molecular weight is 449 g/mol. The zero-order valence-electron chi connectivity index (χ0n) is 17.5. The molecule has 2 N–H and O–H groups in total. The van der Waals surface area contributed by atoms with Crippen LogP contribution in [0.5, 0.6) is 0 Å². The van der Waals surface area contributed by atoms with Gasteiger partial charge in [0, 0.05) is 24.4 Å². The number of carbonyl (C=O) groups is 2. The molecule has 170 valence electrons. The third-order valence-corrected chi connectivity index (χ3v) is 5.63. The molecule has 1 saturated heterocycles. The van der Waals surface area contributed by atoms with E-state index in [9.17, 15) is 22.8 Å². The molecular formula is C21H22F3N5O3. The van der Waals surface area contributed by atoms with Crippen LogP contribution < -0.4 is 5.73 Å². The summed E-state index contributed by atoms with van der Waals surface area (Å²) in [5, 5.41) is 3.59. The molecular weight excluding hydrogens is 427 g/mol. The summed E-state index contributed by atoms with van der Waals surface area (Å²) < 4.78 is 47.9. The van der Waals surface area contributed by atoms with Crippen LogP contribution in [0.1, 0.15) is 36.3 Å². The number of amides is 1. The predicted octanol–water partition coefficient (Wildman–Crippen LogP) is 2.34. The number of pyridine rings is 1. The molecule has 0 bridgehead atoms. The van der Waals surface area contributed by atoms with Gasteiger partial charge in [0.05, 0.1) is 24.4 Å². The fourth-order valence-electron chi connectivity index (χ4n) is 4.31. The molecule has 32 heavy (non-hydrogen) atoms. The summed E-state index contributed by atoms with van der Waals surface area (Å²) in [5.41, 5.74) is 2.18. The van der Waals surface area contributed by atoms with E-state index in [0.29, 0.717) is 0 Å². The fraction of sp³-hybridized carbons (Fsp3) is 0.429. The number of aromatic nitrogens is 3. The molecule has 8 nitrogen and oxygen atoms in total. The third-order valence-electron chi connectivity index (χ3n) is 5.63. The van der Waals surface area contributed by atoms with Crippen molar-refractivity contribution < 1.29 is 27.5 Å². The first-order chi connectivity index (χ1) is 14.9. The van der Waals surface area contributed by atoms with Gasteiger partial charge in [-0.2, -0.15) is 18.3 Å². The van der Waals surface area contributed by atoms with E-state index in [0.717, 1.165) is 10.9 Å². The van der Waals surface area contributed by atoms with Crippen LogP contribution >= 0.6 is 0 Å². The highest BCUT2D eigenvalue weighted by Gasteiger charge is 2.49. The zero-order chi connectivity index (χ0) is 23.3. The molecule has 2 aromatic heterocycles. The molecule has 0 saturated carbocycles. The number of nitrogens with two attached hydrogens (primary N) is 1. The van der Waals surface area contributed by atoms with Crippen LogP contribution in [0.3, 0.4) is 0 Å². The van der Waals surface area contributed by atoms with Gasteiger partial charge in [-0.25, -0.2) is 9.67 Å². The number of hydrogen-bond acceptors (Lipinski definition) is 6. The second-order valence-electron chi connectivity index (χ2n) is 8.65. The van der Waals surface area contributed by atoms with E-state index in [1.807, 2.05) is 0 Å². The smallest absolute Gasteiger partial charge is 0.396 e. The minimum absolute atomic E-state index is 0.0227. The number of ketones is 1. The Hall–Kier alpha value is -3.21. The first-order valence-electron chi connectivity index (χ1n) is 9.97. The Labute approximate surface area is 181 Å². The Morgan fingerprint density at radius 1 is 1.28 bits per heavy atom. The summed E-state index contributed by atoms with van der Waals surface area (Å²) >= 11 is 0. The highest BCUT2D eigenvalue weighted by Crippen LogP contribution is 2.41. The lowest BCUT2D eigenvalue weighted by Crippen LogP contribution is -2.57. The number of ether oxygens (including phenoxy) is 1. The first-order valence-corrected chi connectivity index (χ1v) is 9.97. The van der Waals surface area contributed by atoms with Gasteiger partial charge in [0.15, 0.2) is 17.3 Å². The van der Waals surface area contributed by atoms with Gasteiger partial charge in [-0.15, -0.1) is 0 Å². The molecule has 1 aliphatic heterocycles. The number of nitrogens with zero attached hydrogens (tertiary/aromatic N) is 4. The van der Waals surface area contributed by atoms with Gasteiger partial charge in [0.1, 0.15) is 5.60 Å². The minimum atomic E-state index is -4.83. The van der Waals surface area contributed by atoms with Crippen molar-refractivity contribution >= 4 is 11.7 Å². The maximum atomic E-state index is 13.7. The molecule has 2 aliphatic rings. The number of alkyl halides is 3. The van der Waals surface area contributed by atoms with Crippen molar-refractivity contribution in [1.29, 1.82) is 0 Å². The number of hydrogen-bond donors (Lipinski definition) is 1. The number of carbonyl (C=O) groups excluding carboxylic acids is 2. The Morgan fingerprint density at radius 3 is 2.66 bits per heavy atom. The van der Waals surface area contributed by atoms with Crippen LogP contribution in [0.4, 0.5) is 13.2 Å². The summed E-state index contributed by atoms with van der Waals surface area (Å²) in [7, 11) is 0. The lowest BCUT2D eigenvalue weighted by molar-refractivity contribution is -0.142. The van der Waals surface area contributed by atoms with Crippen molar-refractivity contribution in [2.24, 2.45) is 11.1 Å².